The molecule has 2 aromatic carbocycles. The molecule has 0 aromatic heterocycles. The van der Waals surface area contributed by atoms with Gasteiger partial charge in [0.1, 0.15) is 18.5 Å². The maximum atomic E-state index is 12.5. The third kappa shape index (κ3) is 4.47. The van der Waals surface area contributed by atoms with Crippen LogP contribution in [0.5, 0.6) is 5.75 Å². The van der Waals surface area contributed by atoms with Crippen molar-refractivity contribution >= 4 is 5.91 Å². The van der Waals surface area contributed by atoms with E-state index in [0.29, 0.717) is 25.7 Å². The molecule has 2 aromatic rings. The third-order valence-electron chi connectivity index (χ3n) is 6.33. The van der Waals surface area contributed by atoms with Gasteiger partial charge >= 0.3 is 0 Å². The number of benzene rings is 2. The van der Waals surface area contributed by atoms with Gasteiger partial charge in [-0.1, -0.05) is 30.3 Å². The summed E-state index contributed by atoms with van der Waals surface area (Å²) in [4.78, 5) is 12.5. The topological polar surface area (TPSA) is 68.8 Å². The van der Waals surface area contributed by atoms with Crippen LogP contribution in [0.4, 0.5) is 0 Å². The number of amides is 1. The first-order valence-electron chi connectivity index (χ1n) is 11.3. The second kappa shape index (κ2) is 8.99. The molecule has 0 aliphatic carbocycles. The largest absolute Gasteiger partial charge is 0.488 e. The van der Waals surface area contributed by atoms with Gasteiger partial charge in [-0.25, -0.2) is 0 Å². The highest BCUT2D eigenvalue weighted by molar-refractivity contribution is 5.81. The van der Waals surface area contributed by atoms with E-state index in [4.69, 9.17) is 14.2 Å². The molecular weight excluding hydrogens is 392 g/mol. The zero-order valence-electron chi connectivity index (χ0n) is 18.0. The Morgan fingerprint density at radius 1 is 1.19 bits per heavy atom. The zero-order chi connectivity index (χ0) is 21.2. The average Bonchev–Trinajstić information content (AvgIpc) is 3.02. The van der Waals surface area contributed by atoms with Crippen molar-refractivity contribution in [3.8, 4) is 16.9 Å². The summed E-state index contributed by atoms with van der Waals surface area (Å²) in [7, 11) is 0. The minimum Gasteiger partial charge on any atom is -0.488 e. The van der Waals surface area contributed by atoms with Gasteiger partial charge < -0.3 is 24.8 Å². The summed E-state index contributed by atoms with van der Waals surface area (Å²) >= 11 is 0. The smallest absolute Gasteiger partial charge is 0.250 e. The molecule has 3 aliphatic rings. The highest BCUT2D eigenvalue weighted by atomic mass is 16.5. The van der Waals surface area contributed by atoms with Gasteiger partial charge in [0.25, 0.3) is 5.91 Å². The summed E-state index contributed by atoms with van der Waals surface area (Å²) in [6.45, 7) is 6.33. The summed E-state index contributed by atoms with van der Waals surface area (Å²) in [5.74, 6) is 1.38. The zero-order valence-corrected chi connectivity index (χ0v) is 18.0. The summed E-state index contributed by atoms with van der Waals surface area (Å²) in [5.41, 5.74) is 6.12. The van der Waals surface area contributed by atoms with Crippen LogP contribution in [0.1, 0.15) is 36.0 Å². The van der Waals surface area contributed by atoms with E-state index in [-0.39, 0.29) is 11.9 Å². The van der Waals surface area contributed by atoms with Crippen LogP contribution in [-0.2, 0) is 27.3 Å². The van der Waals surface area contributed by atoms with E-state index in [1.807, 2.05) is 6.92 Å². The molecule has 5 rings (SSSR count). The number of hydrogen-bond donors (Lipinski definition) is 2. The van der Waals surface area contributed by atoms with Gasteiger partial charge in [-0.15, -0.1) is 0 Å². The van der Waals surface area contributed by atoms with Crippen LogP contribution in [-0.4, -0.2) is 51.0 Å². The van der Waals surface area contributed by atoms with E-state index in [1.165, 1.54) is 16.7 Å². The molecule has 0 spiro atoms. The van der Waals surface area contributed by atoms with Crippen LogP contribution in [0.25, 0.3) is 11.1 Å². The lowest BCUT2D eigenvalue weighted by atomic mass is 9.89. The van der Waals surface area contributed by atoms with Crippen LogP contribution >= 0.6 is 0 Å². The number of nitrogens with one attached hydrogen (secondary N) is 2. The Labute approximate surface area is 183 Å². The molecule has 6 nitrogen and oxygen atoms in total. The molecule has 1 amide bonds. The molecule has 0 unspecified atom stereocenters. The fraction of sp³-hybridized carbons (Fsp3) is 0.480. The second-order valence-electron chi connectivity index (χ2n) is 8.80. The number of carbonyl (C=O) groups is 1. The van der Waals surface area contributed by atoms with Crippen LogP contribution in [0.15, 0.2) is 36.4 Å². The highest BCUT2D eigenvalue weighted by Gasteiger charge is 2.25. The predicted octanol–water partition coefficient (Wildman–Crippen LogP) is 2.79. The first-order chi connectivity index (χ1) is 15.2. The van der Waals surface area contributed by atoms with Crippen molar-refractivity contribution in [3.63, 3.8) is 0 Å². The maximum absolute atomic E-state index is 12.5. The minimum atomic E-state index is -0.413. The quantitative estimate of drug-likeness (QED) is 0.776. The molecule has 164 valence electrons. The van der Waals surface area contributed by atoms with E-state index in [0.717, 1.165) is 49.5 Å². The van der Waals surface area contributed by atoms with Crippen molar-refractivity contribution in [1.29, 1.82) is 0 Å². The lowest BCUT2D eigenvalue weighted by Crippen LogP contribution is -2.45. The molecule has 6 heteroatoms. The summed E-state index contributed by atoms with van der Waals surface area (Å²) < 4.78 is 17.1. The van der Waals surface area contributed by atoms with Gasteiger partial charge in [-0.05, 0) is 54.6 Å². The Hall–Kier alpha value is -2.41. The highest BCUT2D eigenvalue weighted by Crippen LogP contribution is 2.40. The maximum Gasteiger partial charge on any atom is 0.250 e. The number of carbonyl (C=O) groups excluding carboxylic acids is 1. The normalized spacial score (nSPS) is 21.6. The molecule has 2 fully saturated rings. The van der Waals surface area contributed by atoms with Crippen LogP contribution in [0.2, 0.25) is 0 Å². The molecule has 0 saturated carbocycles. The molecule has 31 heavy (non-hydrogen) atoms. The van der Waals surface area contributed by atoms with Gasteiger partial charge in [-0.2, -0.15) is 0 Å². The molecule has 2 atom stereocenters. The predicted molar refractivity (Wildman–Crippen MR) is 118 cm³/mol. The van der Waals surface area contributed by atoms with E-state index in [9.17, 15) is 4.79 Å². The molecule has 0 bridgehead atoms. The summed E-state index contributed by atoms with van der Waals surface area (Å²) in [6, 6.07) is 13.1. The van der Waals surface area contributed by atoms with E-state index >= 15 is 0 Å². The first-order valence-corrected chi connectivity index (χ1v) is 11.3. The van der Waals surface area contributed by atoms with Gasteiger partial charge in [0.05, 0.1) is 13.2 Å². The Morgan fingerprint density at radius 2 is 2.10 bits per heavy atom. The summed E-state index contributed by atoms with van der Waals surface area (Å²) in [6.07, 6.45) is 1.27. The van der Waals surface area contributed by atoms with Gasteiger partial charge in [0.2, 0.25) is 0 Å². The molecule has 0 radical (unpaired) electrons. The van der Waals surface area contributed by atoms with Crippen molar-refractivity contribution in [2.24, 2.45) is 0 Å². The molecule has 3 aliphatic heterocycles. The fourth-order valence-corrected chi connectivity index (χ4v) is 4.47. The minimum absolute atomic E-state index is 0.0125. The fourth-order valence-electron chi connectivity index (χ4n) is 4.47. The van der Waals surface area contributed by atoms with Crippen molar-refractivity contribution in [1.82, 2.24) is 10.6 Å². The monoisotopic (exact) mass is 422 g/mol. The standard InChI is InChI=1S/C25H30N2O4/c1-16(27-25(28)24-12-26-7-2-8-30-24)9-17-3-6-21-22-11-18(20-13-29-14-20)4-5-19(22)15-31-23(21)10-17/h3-6,10-11,16,20,24,26H,2,7-9,12-15H2,1H3,(H,27,28)/t16-,24+/m1/s1. The van der Waals surface area contributed by atoms with Gasteiger partial charge in [0, 0.05) is 30.7 Å². The number of hydrogen-bond acceptors (Lipinski definition) is 5. The first kappa shape index (κ1) is 20.5. The lowest BCUT2D eigenvalue weighted by Gasteiger charge is -2.28. The van der Waals surface area contributed by atoms with Gasteiger partial charge in [0.15, 0.2) is 0 Å². The average molecular weight is 423 g/mol. The van der Waals surface area contributed by atoms with Gasteiger partial charge in [-0.3, -0.25) is 4.79 Å². The number of ether oxygens (including phenoxy) is 3. The second-order valence-corrected chi connectivity index (χ2v) is 8.80. The van der Waals surface area contributed by atoms with E-state index in [2.05, 4.69) is 47.0 Å². The van der Waals surface area contributed by atoms with Crippen molar-refractivity contribution < 1.29 is 19.0 Å². The number of fused-ring (bicyclic) bond motifs is 3. The van der Waals surface area contributed by atoms with Crippen molar-refractivity contribution in [2.75, 3.05) is 32.9 Å². The van der Waals surface area contributed by atoms with Crippen molar-refractivity contribution in [2.45, 2.75) is 44.4 Å². The van der Waals surface area contributed by atoms with Crippen LogP contribution in [0.3, 0.4) is 0 Å². The Balaban J connectivity index is 1.27. The van der Waals surface area contributed by atoms with E-state index in [1.54, 1.807) is 0 Å². The Kier molecular flexibility index (Phi) is 5.94. The molecule has 3 heterocycles. The molecular formula is C25H30N2O4. The van der Waals surface area contributed by atoms with Crippen LogP contribution < -0.4 is 15.4 Å². The molecule has 2 saturated heterocycles. The summed E-state index contributed by atoms with van der Waals surface area (Å²) in [5, 5.41) is 6.35. The Morgan fingerprint density at radius 3 is 2.94 bits per heavy atom. The van der Waals surface area contributed by atoms with Crippen molar-refractivity contribution in [3.05, 3.63) is 53.1 Å². The number of rotatable bonds is 5. The third-order valence-corrected chi connectivity index (χ3v) is 6.33. The molecule has 2 N–H and O–H groups in total. The van der Waals surface area contributed by atoms with E-state index < -0.39 is 6.10 Å². The Bertz CT molecular complexity index is 949. The lowest BCUT2D eigenvalue weighted by molar-refractivity contribution is -0.132. The van der Waals surface area contributed by atoms with Crippen LogP contribution in [0, 0.1) is 0 Å². The SMILES string of the molecule is C[C@H](Cc1ccc2c(c1)OCc1ccc(C3COC3)cc1-2)NC(=O)[C@@H]1CNCCCO1.